The van der Waals surface area contributed by atoms with E-state index in [2.05, 4.69) is 10.2 Å². The predicted octanol–water partition coefficient (Wildman–Crippen LogP) is 4.91. The fraction of sp³-hybridized carbons (Fsp3) is 0.763. The molecule has 0 aromatic carbocycles. The average Bonchev–Trinajstić information content (AvgIpc) is 3.84. The van der Waals surface area contributed by atoms with E-state index in [-0.39, 0.29) is 41.4 Å². The van der Waals surface area contributed by atoms with E-state index in [0.717, 1.165) is 44.9 Å². The molecule has 2 saturated carbocycles. The fourth-order valence-corrected chi connectivity index (χ4v) is 7.46. The largest absolute Gasteiger partial charge is 0.444 e. The summed E-state index contributed by atoms with van der Waals surface area (Å²) in [5, 5.41) is 2.75. The smallest absolute Gasteiger partial charge is 0.410 e. The second-order valence-corrected chi connectivity index (χ2v) is 16.6. The Morgan fingerprint density at radius 2 is 1.83 bits per heavy atom. The van der Waals surface area contributed by atoms with Crippen LogP contribution in [0.15, 0.2) is 17.3 Å². The fourth-order valence-electron chi connectivity index (χ4n) is 7.46. The molecule has 5 rings (SSSR count). The number of hydrogen-bond donors (Lipinski definition) is 2. The number of carbonyl (C=O) groups is 3. The summed E-state index contributed by atoms with van der Waals surface area (Å²) in [5.74, 6) is -0.228. The topological polar surface area (TPSA) is 162 Å². The lowest BCUT2D eigenvalue weighted by atomic mass is 9.78. The Hall–Kier alpha value is -3.49. The molecule has 2 saturated heterocycles. The Balaban J connectivity index is 1.51. The van der Waals surface area contributed by atoms with Crippen molar-refractivity contribution in [2.75, 3.05) is 62.5 Å². The van der Waals surface area contributed by atoms with Crippen molar-refractivity contribution >= 4 is 30.1 Å². The molecule has 290 valence electrons. The van der Waals surface area contributed by atoms with Gasteiger partial charge in [-0.15, -0.1) is 0 Å². The third-order valence-electron chi connectivity index (χ3n) is 10.3. The summed E-state index contributed by atoms with van der Waals surface area (Å²) in [6.07, 6.45) is 7.47. The Morgan fingerprint density at radius 1 is 1.08 bits per heavy atom. The van der Waals surface area contributed by atoms with Crippen molar-refractivity contribution < 1.29 is 33.3 Å². The Labute approximate surface area is 309 Å². The molecule has 1 atom stereocenters. The van der Waals surface area contributed by atoms with Crippen molar-refractivity contribution in [2.45, 2.75) is 129 Å². The van der Waals surface area contributed by atoms with Gasteiger partial charge in [0.15, 0.2) is 12.6 Å². The number of nitrogens with zero attached hydrogens (tertiary/aromatic N) is 5. The highest BCUT2D eigenvalue weighted by molar-refractivity contribution is 6.08. The van der Waals surface area contributed by atoms with E-state index in [1.54, 1.807) is 6.07 Å². The van der Waals surface area contributed by atoms with E-state index in [1.807, 2.05) is 58.3 Å². The minimum Gasteiger partial charge on any atom is -0.444 e. The van der Waals surface area contributed by atoms with Crippen molar-refractivity contribution in [2.24, 2.45) is 11.7 Å². The van der Waals surface area contributed by atoms with Gasteiger partial charge in [-0.05, 0) is 80.1 Å². The van der Waals surface area contributed by atoms with Crippen LogP contribution in [0.1, 0.15) is 117 Å². The van der Waals surface area contributed by atoms with Gasteiger partial charge in [0.05, 0.1) is 17.1 Å². The van der Waals surface area contributed by atoms with Gasteiger partial charge in [0.2, 0.25) is 18.1 Å². The van der Waals surface area contributed by atoms with Crippen LogP contribution in [0, 0.1) is 5.92 Å². The zero-order chi connectivity index (χ0) is 37.7. The van der Waals surface area contributed by atoms with E-state index >= 15 is 0 Å². The second kappa shape index (κ2) is 16.3. The lowest BCUT2D eigenvalue weighted by molar-refractivity contribution is -0.421. The zero-order valence-electron chi connectivity index (χ0n) is 32.4. The summed E-state index contributed by atoms with van der Waals surface area (Å²) < 4.78 is 23.7. The van der Waals surface area contributed by atoms with Crippen LogP contribution in [0.5, 0.6) is 0 Å². The Kier molecular flexibility index (Phi) is 12.4. The van der Waals surface area contributed by atoms with Gasteiger partial charge in [-0.3, -0.25) is 14.5 Å². The number of ether oxygens (including phenoxy) is 4. The van der Waals surface area contributed by atoms with Gasteiger partial charge in [0.1, 0.15) is 17.1 Å². The van der Waals surface area contributed by atoms with Crippen molar-refractivity contribution in [1.29, 1.82) is 0 Å². The van der Waals surface area contributed by atoms with E-state index in [1.165, 1.54) is 0 Å². The standard InChI is InChI=1S/C38H61N7O7/c1-8-12-27(31(39)28-13-9-10-14-38(28)50-26-51-38)32(47)29-23-30(44-20-21-45(37(24-44)15-16-37)34(48)52-36(5,6)7)42-33(41-29)43(19-17-40-25-46)18-11-22-49-35(2,3)4/h23,25,28H,8-22,24,26,39H2,1-7H3,(H,40,46)/b31-27-/t28-/m1/s1. The summed E-state index contributed by atoms with van der Waals surface area (Å²) in [7, 11) is 0. The van der Waals surface area contributed by atoms with Crippen molar-refractivity contribution in [3.05, 3.63) is 23.0 Å². The first-order valence-corrected chi connectivity index (χ1v) is 19.1. The van der Waals surface area contributed by atoms with E-state index in [0.29, 0.717) is 88.2 Å². The maximum Gasteiger partial charge on any atom is 0.410 e. The maximum absolute atomic E-state index is 14.7. The highest BCUT2D eigenvalue weighted by Crippen LogP contribution is 2.47. The lowest BCUT2D eigenvalue weighted by Gasteiger charge is -2.49. The molecule has 2 amide bonds. The molecular formula is C38H61N7O7. The molecule has 0 bridgehead atoms. The molecule has 2 aliphatic carbocycles. The predicted molar refractivity (Wildman–Crippen MR) is 198 cm³/mol. The van der Waals surface area contributed by atoms with Gasteiger partial charge in [-0.25, -0.2) is 9.78 Å². The molecule has 0 radical (unpaired) electrons. The molecule has 3 N–H and O–H groups in total. The van der Waals surface area contributed by atoms with Gasteiger partial charge >= 0.3 is 6.09 Å². The van der Waals surface area contributed by atoms with Gasteiger partial charge in [0, 0.05) is 69.6 Å². The molecule has 14 heteroatoms. The van der Waals surface area contributed by atoms with Crippen LogP contribution in [0.25, 0.3) is 0 Å². The first kappa shape index (κ1) is 39.7. The van der Waals surface area contributed by atoms with E-state index in [4.69, 9.17) is 34.6 Å². The number of hydrogen-bond acceptors (Lipinski definition) is 12. The summed E-state index contributed by atoms with van der Waals surface area (Å²) in [5.41, 5.74) is 7.00. The van der Waals surface area contributed by atoms with Crippen LogP contribution in [0.2, 0.25) is 0 Å². The molecule has 4 fully saturated rings. The molecule has 3 heterocycles. The third kappa shape index (κ3) is 9.54. The summed E-state index contributed by atoms with van der Waals surface area (Å²) >= 11 is 0. The summed E-state index contributed by atoms with van der Waals surface area (Å²) in [4.78, 5) is 55.1. The van der Waals surface area contributed by atoms with Crippen molar-refractivity contribution in [1.82, 2.24) is 20.2 Å². The van der Waals surface area contributed by atoms with Gasteiger partial charge in [-0.2, -0.15) is 4.98 Å². The lowest BCUT2D eigenvalue weighted by Crippen LogP contribution is -2.58. The molecule has 14 nitrogen and oxygen atoms in total. The Bertz CT molecular complexity index is 1460. The van der Waals surface area contributed by atoms with Crippen LogP contribution < -0.4 is 20.9 Å². The zero-order valence-corrected chi connectivity index (χ0v) is 32.4. The normalized spacial score (nSPS) is 21.3. The van der Waals surface area contributed by atoms with Gasteiger partial charge < -0.3 is 39.8 Å². The highest BCUT2D eigenvalue weighted by Gasteiger charge is 2.55. The number of aromatic nitrogens is 2. The number of Topliss-reactive ketones (excluding diaryl/α,β-unsaturated/α-hetero) is 1. The van der Waals surface area contributed by atoms with Crippen LogP contribution >= 0.6 is 0 Å². The quantitative estimate of drug-likeness (QED) is 0.109. The first-order valence-electron chi connectivity index (χ1n) is 19.1. The van der Waals surface area contributed by atoms with Crippen LogP contribution in [0.3, 0.4) is 0 Å². The molecule has 1 aromatic rings. The number of rotatable bonds is 15. The van der Waals surface area contributed by atoms with Gasteiger partial charge in [-0.1, -0.05) is 19.8 Å². The highest BCUT2D eigenvalue weighted by atomic mass is 16.9. The summed E-state index contributed by atoms with van der Waals surface area (Å²) in [6, 6.07) is 1.77. The number of anilines is 2. The number of ketones is 1. The molecule has 52 heavy (non-hydrogen) atoms. The average molecular weight is 728 g/mol. The SMILES string of the molecule is CCC/C(C(=O)c1cc(N2CCN(C(=O)OC(C)(C)C)C3(CC3)C2)nc(N(CCCOC(C)(C)C)CCNC=O)n1)=C(/N)[C@H]1CCCCC12OCO2. The molecule has 4 aliphatic rings. The van der Waals surface area contributed by atoms with E-state index < -0.39 is 11.4 Å². The molecule has 2 aliphatic heterocycles. The molecule has 0 unspecified atom stereocenters. The molecular weight excluding hydrogens is 666 g/mol. The minimum absolute atomic E-state index is 0.217. The monoisotopic (exact) mass is 727 g/mol. The van der Waals surface area contributed by atoms with Crippen LogP contribution in [-0.4, -0.2) is 108 Å². The number of piperazine rings is 1. The van der Waals surface area contributed by atoms with Crippen molar-refractivity contribution in [3.63, 3.8) is 0 Å². The van der Waals surface area contributed by atoms with Crippen LogP contribution in [-0.2, 0) is 23.7 Å². The van der Waals surface area contributed by atoms with E-state index in [9.17, 15) is 14.4 Å². The minimum atomic E-state index is -0.770. The number of nitrogens with two attached hydrogens (primary N) is 1. The third-order valence-corrected chi connectivity index (χ3v) is 10.3. The molecule has 2 spiro atoms. The first-order chi connectivity index (χ1) is 24.6. The van der Waals surface area contributed by atoms with Gasteiger partial charge in [0.25, 0.3) is 0 Å². The summed E-state index contributed by atoms with van der Waals surface area (Å²) in [6.45, 7) is 17.4. The number of carbonyl (C=O) groups excluding carboxylic acids is 3. The Morgan fingerprint density at radius 3 is 2.44 bits per heavy atom. The maximum atomic E-state index is 14.7. The van der Waals surface area contributed by atoms with Crippen LogP contribution in [0.4, 0.5) is 16.6 Å². The number of allylic oxidation sites excluding steroid dienone is 1. The second-order valence-electron chi connectivity index (χ2n) is 16.6. The van der Waals surface area contributed by atoms with Crippen molar-refractivity contribution in [3.8, 4) is 0 Å². The number of amides is 2. The molecule has 1 aromatic heterocycles. The number of nitrogens with one attached hydrogen (secondary N) is 1.